The molecule has 1 saturated carbocycles. The minimum Gasteiger partial charge on any atom is -0.444 e. The monoisotopic (exact) mass is 337 g/mol. The lowest BCUT2D eigenvalue weighted by molar-refractivity contribution is -0.134. The maximum absolute atomic E-state index is 12.7. The highest BCUT2D eigenvalue weighted by Gasteiger charge is 2.58. The summed E-state index contributed by atoms with van der Waals surface area (Å²) in [6.45, 7) is 7.03. The van der Waals surface area contributed by atoms with Gasteiger partial charge >= 0.3 is 12.1 Å². The Morgan fingerprint density at radius 2 is 1.79 bits per heavy atom. The van der Waals surface area contributed by atoms with Crippen molar-refractivity contribution in [3.8, 4) is 0 Å². The SMILES string of the molecule is CN1C(=O)N(CC2CC2)C2(CCN(C(=O)OC(C)(C)C)CC2)C1=O. The summed E-state index contributed by atoms with van der Waals surface area (Å²) < 4.78 is 5.41. The number of urea groups is 1. The van der Waals surface area contributed by atoms with Crippen molar-refractivity contribution in [1.29, 1.82) is 0 Å². The quantitative estimate of drug-likeness (QED) is 0.723. The average Bonchev–Trinajstić information content (AvgIpc) is 3.30. The maximum Gasteiger partial charge on any atom is 0.410 e. The van der Waals surface area contributed by atoms with Crippen LogP contribution in [-0.4, -0.2) is 70.6 Å². The van der Waals surface area contributed by atoms with Crippen LogP contribution < -0.4 is 0 Å². The summed E-state index contributed by atoms with van der Waals surface area (Å²) in [5.41, 5.74) is -1.31. The number of hydrogen-bond acceptors (Lipinski definition) is 4. The third-order valence-electron chi connectivity index (χ3n) is 5.12. The second-order valence-electron chi connectivity index (χ2n) is 8.20. The van der Waals surface area contributed by atoms with Gasteiger partial charge in [0.2, 0.25) is 0 Å². The topological polar surface area (TPSA) is 70.2 Å². The molecular formula is C17H27N3O4. The number of carbonyl (C=O) groups excluding carboxylic acids is 3. The number of hydrogen-bond donors (Lipinski definition) is 0. The molecular weight excluding hydrogens is 310 g/mol. The van der Waals surface area contributed by atoms with Gasteiger partial charge < -0.3 is 14.5 Å². The van der Waals surface area contributed by atoms with E-state index in [1.807, 2.05) is 20.8 Å². The lowest BCUT2D eigenvalue weighted by Gasteiger charge is -2.42. The number of amides is 4. The molecule has 3 fully saturated rings. The van der Waals surface area contributed by atoms with E-state index in [0.717, 1.165) is 12.8 Å². The summed E-state index contributed by atoms with van der Waals surface area (Å²) in [7, 11) is 1.56. The van der Waals surface area contributed by atoms with Crippen LogP contribution in [-0.2, 0) is 9.53 Å². The molecule has 0 aromatic carbocycles. The molecule has 4 amide bonds. The van der Waals surface area contributed by atoms with Gasteiger partial charge in [0.25, 0.3) is 5.91 Å². The summed E-state index contributed by atoms with van der Waals surface area (Å²) in [5.74, 6) is 0.394. The summed E-state index contributed by atoms with van der Waals surface area (Å²) >= 11 is 0. The molecule has 1 aliphatic carbocycles. The fourth-order valence-electron chi connectivity index (χ4n) is 3.56. The maximum atomic E-state index is 12.7. The van der Waals surface area contributed by atoms with Crippen LogP contribution in [0.25, 0.3) is 0 Å². The van der Waals surface area contributed by atoms with Crippen molar-refractivity contribution in [2.75, 3.05) is 26.7 Å². The predicted octanol–water partition coefficient (Wildman–Crippen LogP) is 2.06. The summed E-state index contributed by atoms with van der Waals surface area (Å²) in [5, 5.41) is 0. The highest BCUT2D eigenvalue weighted by Crippen LogP contribution is 2.40. The molecule has 24 heavy (non-hydrogen) atoms. The molecule has 134 valence electrons. The Morgan fingerprint density at radius 1 is 1.21 bits per heavy atom. The summed E-state index contributed by atoms with van der Waals surface area (Å²) in [6, 6.07) is -0.197. The fraction of sp³-hybridized carbons (Fsp3) is 0.824. The number of nitrogens with zero attached hydrogens (tertiary/aromatic N) is 3. The van der Waals surface area contributed by atoms with Crippen molar-refractivity contribution in [2.45, 2.75) is 57.6 Å². The Labute approximate surface area is 142 Å². The van der Waals surface area contributed by atoms with E-state index >= 15 is 0 Å². The van der Waals surface area contributed by atoms with Crippen LogP contribution >= 0.6 is 0 Å². The van der Waals surface area contributed by atoms with Gasteiger partial charge in [-0.15, -0.1) is 0 Å². The zero-order chi connectivity index (χ0) is 17.7. The number of ether oxygens (including phenoxy) is 1. The second-order valence-corrected chi connectivity index (χ2v) is 8.20. The minimum absolute atomic E-state index is 0.128. The normalized spacial score (nSPS) is 24.1. The first kappa shape index (κ1) is 17.0. The molecule has 0 aromatic rings. The highest BCUT2D eigenvalue weighted by molar-refractivity contribution is 6.06. The van der Waals surface area contributed by atoms with Crippen molar-refractivity contribution in [1.82, 2.24) is 14.7 Å². The Bertz CT molecular complexity index is 557. The molecule has 0 bridgehead atoms. The molecule has 3 rings (SSSR count). The van der Waals surface area contributed by atoms with Gasteiger partial charge in [-0.2, -0.15) is 0 Å². The lowest BCUT2D eigenvalue weighted by Crippen LogP contribution is -2.58. The molecule has 0 unspecified atom stereocenters. The van der Waals surface area contributed by atoms with Crippen LogP contribution in [0.4, 0.5) is 9.59 Å². The number of piperidine rings is 1. The summed E-state index contributed by atoms with van der Waals surface area (Å²) in [6.07, 6.45) is 2.86. The number of carbonyl (C=O) groups is 3. The van der Waals surface area contributed by atoms with Gasteiger partial charge in [0, 0.05) is 26.7 Å². The van der Waals surface area contributed by atoms with Crippen LogP contribution in [0.3, 0.4) is 0 Å². The van der Waals surface area contributed by atoms with E-state index in [2.05, 4.69) is 0 Å². The Hall–Kier alpha value is -1.79. The largest absolute Gasteiger partial charge is 0.444 e. The first-order valence-corrected chi connectivity index (χ1v) is 8.72. The van der Waals surface area contributed by atoms with Crippen LogP contribution in [0.1, 0.15) is 46.5 Å². The van der Waals surface area contributed by atoms with Gasteiger partial charge in [-0.1, -0.05) is 0 Å². The van der Waals surface area contributed by atoms with Crippen molar-refractivity contribution < 1.29 is 19.1 Å². The van der Waals surface area contributed by atoms with Crippen LogP contribution in [0.2, 0.25) is 0 Å². The highest BCUT2D eigenvalue weighted by atomic mass is 16.6. The Balaban J connectivity index is 1.71. The lowest BCUT2D eigenvalue weighted by atomic mass is 9.86. The Kier molecular flexibility index (Phi) is 4.00. The predicted molar refractivity (Wildman–Crippen MR) is 87.4 cm³/mol. The van der Waals surface area contributed by atoms with E-state index in [1.54, 1.807) is 16.8 Å². The first-order chi connectivity index (χ1) is 11.1. The standard InChI is InChI=1S/C17H27N3O4/c1-16(2,3)24-15(23)19-9-7-17(8-10-19)13(21)18(4)14(22)20(17)11-12-5-6-12/h12H,5-11H2,1-4H3. The van der Waals surface area contributed by atoms with Gasteiger partial charge in [-0.05, 0) is 52.4 Å². The van der Waals surface area contributed by atoms with Crippen molar-refractivity contribution in [3.63, 3.8) is 0 Å². The van der Waals surface area contributed by atoms with Crippen molar-refractivity contribution in [3.05, 3.63) is 0 Å². The number of imide groups is 1. The molecule has 7 nitrogen and oxygen atoms in total. The number of likely N-dealkylation sites (N-methyl/N-ethyl adjacent to an activating group) is 1. The first-order valence-electron chi connectivity index (χ1n) is 8.72. The molecule has 3 aliphatic rings. The fourth-order valence-corrected chi connectivity index (χ4v) is 3.56. The van der Waals surface area contributed by atoms with Gasteiger partial charge in [0.15, 0.2) is 0 Å². The van der Waals surface area contributed by atoms with Gasteiger partial charge in [0.1, 0.15) is 11.1 Å². The van der Waals surface area contributed by atoms with E-state index in [4.69, 9.17) is 4.74 Å². The number of rotatable bonds is 2. The van der Waals surface area contributed by atoms with E-state index in [1.165, 1.54) is 4.90 Å². The van der Waals surface area contributed by atoms with E-state index in [0.29, 0.717) is 38.4 Å². The molecule has 0 aromatic heterocycles. The van der Waals surface area contributed by atoms with Crippen LogP contribution in [0.5, 0.6) is 0 Å². The number of likely N-dealkylation sites (tertiary alicyclic amines) is 1. The zero-order valence-electron chi connectivity index (χ0n) is 15.0. The average molecular weight is 337 g/mol. The van der Waals surface area contributed by atoms with Crippen LogP contribution in [0, 0.1) is 5.92 Å². The molecule has 2 saturated heterocycles. The zero-order valence-corrected chi connectivity index (χ0v) is 15.0. The van der Waals surface area contributed by atoms with Gasteiger partial charge in [-0.3, -0.25) is 9.69 Å². The van der Waals surface area contributed by atoms with E-state index in [9.17, 15) is 14.4 Å². The minimum atomic E-state index is -0.771. The molecule has 1 spiro atoms. The molecule has 2 aliphatic heterocycles. The van der Waals surface area contributed by atoms with Gasteiger partial charge in [-0.25, -0.2) is 9.59 Å². The third kappa shape index (κ3) is 2.96. The van der Waals surface area contributed by atoms with Gasteiger partial charge in [0.05, 0.1) is 0 Å². The van der Waals surface area contributed by atoms with E-state index < -0.39 is 11.1 Å². The molecule has 0 atom stereocenters. The van der Waals surface area contributed by atoms with E-state index in [-0.39, 0.29) is 18.0 Å². The van der Waals surface area contributed by atoms with Crippen molar-refractivity contribution >= 4 is 18.0 Å². The molecule has 2 heterocycles. The van der Waals surface area contributed by atoms with Crippen LogP contribution in [0.15, 0.2) is 0 Å². The molecule has 7 heteroatoms. The molecule has 0 radical (unpaired) electrons. The molecule has 0 N–H and O–H groups in total. The summed E-state index contributed by atoms with van der Waals surface area (Å²) in [4.78, 5) is 42.1. The smallest absolute Gasteiger partial charge is 0.410 e. The Morgan fingerprint density at radius 3 is 2.29 bits per heavy atom. The third-order valence-corrected chi connectivity index (χ3v) is 5.12. The second kappa shape index (κ2) is 5.63. The van der Waals surface area contributed by atoms with Crippen molar-refractivity contribution in [2.24, 2.45) is 5.92 Å².